The molecule has 0 bridgehead atoms. The first kappa shape index (κ1) is 19.8. The lowest BCUT2D eigenvalue weighted by Crippen LogP contribution is -2.14. The number of halogens is 2. The van der Waals surface area contributed by atoms with Crippen LogP contribution in [0, 0.1) is 5.82 Å². The van der Waals surface area contributed by atoms with Crippen LogP contribution >= 0.6 is 11.6 Å². The number of aryl methyl sites for hydroxylation is 1. The molecular formula is C21H18ClFN6O. The molecule has 0 fully saturated rings. The monoisotopic (exact) mass is 424 g/mol. The number of hydrogen-bond donors (Lipinski definition) is 2. The van der Waals surface area contributed by atoms with E-state index in [4.69, 9.17) is 11.6 Å². The topological polar surface area (TPSA) is 84.2 Å². The number of para-hydroxylation sites is 1. The van der Waals surface area contributed by atoms with Crippen LogP contribution < -0.4 is 10.6 Å². The normalized spacial score (nSPS) is 10.9. The Bertz CT molecular complexity index is 1200. The molecular weight excluding hydrogens is 407 g/mol. The van der Waals surface area contributed by atoms with Gasteiger partial charge in [0.05, 0.1) is 5.69 Å². The van der Waals surface area contributed by atoms with E-state index in [1.807, 2.05) is 24.3 Å². The van der Waals surface area contributed by atoms with Crippen LogP contribution in [-0.4, -0.2) is 25.7 Å². The highest BCUT2D eigenvalue weighted by Crippen LogP contribution is 2.17. The van der Waals surface area contributed by atoms with E-state index >= 15 is 0 Å². The summed E-state index contributed by atoms with van der Waals surface area (Å²) in [4.78, 5) is 12.2. The molecule has 1 amide bonds. The molecule has 0 atom stereocenters. The standard InChI is InChI=1S/C21H18ClFN6O/c22-15-6-2-1-5-14(15)13-24-18-9-10-19-26-27-20(29(19)28-18)11-12-21(30)25-17-8-4-3-7-16(17)23/h1-10H,11-13H2,(H,24,28)(H,25,30). The third-order valence-electron chi connectivity index (χ3n) is 4.47. The molecule has 2 N–H and O–H groups in total. The number of aromatic nitrogens is 4. The van der Waals surface area contributed by atoms with Gasteiger partial charge in [0.2, 0.25) is 5.91 Å². The van der Waals surface area contributed by atoms with E-state index in [1.165, 1.54) is 12.1 Å². The summed E-state index contributed by atoms with van der Waals surface area (Å²) in [5, 5.41) is 19.2. The first-order valence-corrected chi connectivity index (χ1v) is 9.71. The maximum Gasteiger partial charge on any atom is 0.224 e. The summed E-state index contributed by atoms with van der Waals surface area (Å²) in [5.41, 5.74) is 1.68. The predicted octanol–water partition coefficient (Wildman–Crippen LogP) is 4.10. The molecule has 2 aromatic heterocycles. The summed E-state index contributed by atoms with van der Waals surface area (Å²) in [7, 11) is 0. The number of nitrogens with zero attached hydrogens (tertiary/aromatic N) is 4. The molecule has 2 heterocycles. The minimum absolute atomic E-state index is 0.119. The maximum absolute atomic E-state index is 13.7. The second-order valence-electron chi connectivity index (χ2n) is 6.58. The van der Waals surface area contributed by atoms with E-state index in [2.05, 4.69) is 25.9 Å². The number of rotatable bonds is 7. The zero-order valence-electron chi connectivity index (χ0n) is 15.8. The Kier molecular flexibility index (Phi) is 5.85. The summed E-state index contributed by atoms with van der Waals surface area (Å²) >= 11 is 6.19. The molecule has 9 heteroatoms. The lowest BCUT2D eigenvalue weighted by molar-refractivity contribution is -0.116. The number of amides is 1. The summed E-state index contributed by atoms with van der Waals surface area (Å²) in [6, 6.07) is 17.2. The molecule has 7 nitrogen and oxygen atoms in total. The number of benzene rings is 2. The van der Waals surface area contributed by atoms with Crippen LogP contribution in [0.1, 0.15) is 17.8 Å². The van der Waals surface area contributed by atoms with Gasteiger partial charge < -0.3 is 10.6 Å². The molecule has 0 spiro atoms. The van der Waals surface area contributed by atoms with Crippen LogP contribution in [0.2, 0.25) is 5.02 Å². The van der Waals surface area contributed by atoms with Gasteiger partial charge in [0.1, 0.15) is 11.6 Å². The fourth-order valence-corrected chi connectivity index (χ4v) is 3.11. The van der Waals surface area contributed by atoms with Crippen molar-refractivity contribution in [3.05, 3.63) is 82.9 Å². The molecule has 0 saturated heterocycles. The number of anilines is 2. The lowest BCUT2D eigenvalue weighted by Gasteiger charge is -2.08. The zero-order valence-corrected chi connectivity index (χ0v) is 16.6. The predicted molar refractivity (Wildman–Crippen MR) is 113 cm³/mol. The SMILES string of the molecule is O=C(CCc1nnc2ccc(NCc3ccccc3Cl)nn12)Nc1ccccc1F. The van der Waals surface area contributed by atoms with Crippen molar-refractivity contribution in [2.75, 3.05) is 10.6 Å². The van der Waals surface area contributed by atoms with E-state index in [-0.39, 0.29) is 18.0 Å². The largest absolute Gasteiger partial charge is 0.364 e. The van der Waals surface area contributed by atoms with Crippen molar-refractivity contribution in [2.45, 2.75) is 19.4 Å². The van der Waals surface area contributed by atoms with Crippen LogP contribution in [0.4, 0.5) is 15.9 Å². The van der Waals surface area contributed by atoms with Crippen molar-refractivity contribution in [3.8, 4) is 0 Å². The number of fused-ring (bicyclic) bond motifs is 1. The van der Waals surface area contributed by atoms with Crippen molar-refractivity contribution in [1.82, 2.24) is 19.8 Å². The molecule has 2 aromatic carbocycles. The third kappa shape index (κ3) is 4.55. The second-order valence-corrected chi connectivity index (χ2v) is 6.98. The van der Waals surface area contributed by atoms with E-state index in [1.54, 1.807) is 28.8 Å². The minimum atomic E-state index is -0.477. The van der Waals surface area contributed by atoms with Crippen molar-refractivity contribution in [2.24, 2.45) is 0 Å². The van der Waals surface area contributed by atoms with Crippen LogP contribution in [0.5, 0.6) is 0 Å². The Balaban J connectivity index is 1.42. The molecule has 4 aromatic rings. The average Bonchev–Trinajstić information content (AvgIpc) is 3.16. The fraction of sp³-hybridized carbons (Fsp3) is 0.143. The van der Waals surface area contributed by atoms with Gasteiger partial charge in [-0.2, -0.15) is 4.52 Å². The molecule has 0 aliphatic rings. The molecule has 0 saturated carbocycles. The number of carbonyl (C=O) groups is 1. The summed E-state index contributed by atoms with van der Waals surface area (Å²) in [5.74, 6) is 0.369. The van der Waals surface area contributed by atoms with E-state index in [9.17, 15) is 9.18 Å². The van der Waals surface area contributed by atoms with Gasteiger partial charge in [-0.1, -0.05) is 41.9 Å². The van der Waals surface area contributed by atoms with Gasteiger partial charge in [0.25, 0.3) is 0 Å². The van der Waals surface area contributed by atoms with Gasteiger partial charge in [-0.15, -0.1) is 15.3 Å². The molecule has 4 rings (SSSR count). The van der Waals surface area contributed by atoms with Gasteiger partial charge in [-0.3, -0.25) is 4.79 Å². The van der Waals surface area contributed by atoms with Crippen LogP contribution in [0.15, 0.2) is 60.7 Å². The lowest BCUT2D eigenvalue weighted by atomic mass is 10.2. The molecule has 0 unspecified atom stereocenters. The highest BCUT2D eigenvalue weighted by Gasteiger charge is 2.12. The molecule has 0 radical (unpaired) electrons. The first-order valence-electron chi connectivity index (χ1n) is 9.33. The van der Waals surface area contributed by atoms with Crippen LogP contribution in [-0.2, 0) is 17.8 Å². The van der Waals surface area contributed by atoms with Crippen LogP contribution in [0.25, 0.3) is 5.65 Å². The van der Waals surface area contributed by atoms with Crippen molar-refractivity contribution in [1.29, 1.82) is 0 Å². The summed E-state index contributed by atoms with van der Waals surface area (Å²) < 4.78 is 15.3. The van der Waals surface area contributed by atoms with Crippen molar-refractivity contribution in [3.63, 3.8) is 0 Å². The van der Waals surface area contributed by atoms with Gasteiger partial charge >= 0.3 is 0 Å². The van der Waals surface area contributed by atoms with Gasteiger partial charge in [-0.05, 0) is 35.9 Å². The van der Waals surface area contributed by atoms with E-state index < -0.39 is 5.82 Å². The Morgan fingerprint density at radius 2 is 1.83 bits per heavy atom. The first-order chi connectivity index (χ1) is 14.6. The summed E-state index contributed by atoms with van der Waals surface area (Å²) in [6.07, 6.45) is 0.427. The zero-order chi connectivity index (χ0) is 20.9. The molecule has 152 valence electrons. The quantitative estimate of drug-likeness (QED) is 0.466. The highest BCUT2D eigenvalue weighted by atomic mass is 35.5. The Hall–Kier alpha value is -3.52. The third-order valence-corrected chi connectivity index (χ3v) is 4.84. The number of carbonyl (C=O) groups excluding carboxylic acids is 1. The fourth-order valence-electron chi connectivity index (χ4n) is 2.91. The Labute approximate surface area is 176 Å². The molecule has 30 heavy (non-hydrogen) atoms. The second kappa shape index (κ2) is 8.87. The Morgan fingerprint density at radius 1 is 1.03 bits per heavy atom. The van der Waals surface area contributed by atoms with Gasteiger partial charge in [0, 0.05) is 24.4 Å². The highest BCUT2D eigenvalue weighted by molar-refractivity contribution is 6.31. The number of hydrogen-bond acceptors (Lipinski definition) is 5. The molecule has 0 aliphatic heterocycles. The van der Waals surface area contributed by atoms with E-state index in [0.29, 0.717) is 35.3 Å². The average molecular weight is 425 g/mol. The van der Waals surface area contributed by atoms with Crippen molar-refractivity contribution < 1.29 is 9.18 Å². The maximum atomic E-state index is 13.7. The van der Waals surface area contributed by atoms with E-state index in [0.717, 1.165) is 5.56 Å². The van der Waals surface area contributed by atoms with Gasteiger partial charge in [0.15, 0.2) is 11.5 Å². The van der Waals surface area contributed by atoms with Crippen molar-refractivity contribution >= 4 is 34.7 Å². The summed E-state index contributed by atoms with van der Waals surface area (Å²) in [6.45, 7) is 0.515. The Morgan fingerprint density at radius 3 is 2.67 bits per heavy atom. The van der Waals surface area contributed by atoms with Crippen LogP contribution in [0.3, 0.4) is 0 Å². The molecule has 0 aliphatic carbocycles. The minimum Gasteiger partial charge on any atom is -0.364 e. The van der Waals surface area contributed by atoms with Gasteiger partial charge in [-0.25, -0.2) is 4.39 Å². The number of nitrogens with one attached hydrogen (secondary N) is 2. The smallest absolute Gasteiger partial charge is 0.224 e.